The summed E-state index contributed by atoms with van der Waals surface area (Å²) in [7, 11) is 5.72. The smallest absolute Gasteiger partial charge is 0.191 e. The Bertz CT molecular complexity index is 233. The maximum absolute atomic E-state index is 5.01. The van der Waals surface area contributed by atoms with Crippen LogP contribution in [-0.2, 0) is 4.74 Å². The van der Waals surface area contributed by atoms with Crippen LogP contribution in [0, 0.1) is 0 Å². The Morgan fingerprint density at radius 2 is 2.29 bits per heavy atom. The molecule has 1 aliphatic rings. The van der Waals surface area contributed by atoms with Crippen LogP contribution in [0.15, 0.2) is 4.99 Å². The first-order valence-electron chi connectivity index (χ1n) is 6.41. The fourth-order valence-electron chi connectivity index (χ4n) is 2.10. The normalized spacial score (nSPS) is 21.8. The van der Waals surface area contributed by atoms with Gasteiger partial charge in [-0.2, -0.15) is 0 Å². The van der Waals surface area contributed by atoms with Crippen molar-refractivity contribution in [1.82, 2.24) is 15.5 Å². The summed E-state index contributed by atoms with van der Waals surface area (Å²) in [5.41, 5.74) is 0. The van der Waals surface area contributed by atoms with Crippen LogP contribution < -0.4 is 10.6 Å². The molecule has 0 spiro atoms. The van der Waals surface area contributed by atoms with Crippen molar-refractivity contribution < 1.29 is 4.74 Å². The third-order valence-electron chi connectivity index (χ3n) is 3.22. The van der Waals surface area contributed by atoms with Gasteiger partial charge in [0, 0.05) is 39.9 Å². The summed E-state index contributed by atoms with van der Waals surface area (Å²) in [6.07, 6.45) is 3.59. The highest BCUT2D eigenvalue weighted by Crippen LogP contribution is 2.13. The van der Waals surface area contributed by atoms with Crippen LogP contribution in [0.5, 0.6) is 0 Å². The van der Waals surface area contributed by atoms with Crippen molar-refractivity contribution in [2.75, 3.05) is 47.4 Å². The molecule has 1 aliphatic heterocycles. The summed E-state index contributed by atoms with van der Waals surface area (Å²) in [5, 5.41) is 6.66. The lowest BCUT2D eigenvalue weighted by atomic mass is 10.2. The van der Waals surface area contributed by atoms with E-state index in [-0.39, 0.29) is 0 Å². The van der Waals surface area contributed by atoms with E-state index < -0.39 is 0 Å². The molecule has 1 saturated heterocycles. The average molecular weight is 242 g/mol. The average Bonchev–Trinajstić information content (AvgIpc) is 2.74. The minimum atomic E-state index is 0.646. The molecule has 0 saturated carbocycles. The van der Waals surface area contributed by atoms with Gasteiger partial charge in [0.05, 0.1) is 0 Å². The monoisotopic (exact) mass is 242 g/mol. The van der Waals surface area contributed by atoms with E-state index in [2.05, 4.69) is 27.6 Å². The molecule has 1 fully saturated rings. The number of likely N-dealkylation sites (N-methyl/N-ethyl adjacent to an activating group) is 1. The molecule has 5 nitrogen and oxygen atoms in total. The van der Waals surface area contributed by atoms with Crippen molar-refractivity contribution in [2.45, 2.75) is 25.3 Å². The van der Waals surface area contributed by atoms with Crippen LogP contribution in [0.2, 0.25) is 0 Å². The van der Waals surface area contributed by atoms with Crippen molar-refractivity contribution in [3.05, 3.63) is 0 Å². The number of nitrogens with one attached hydrogen (secondary N) is 2. The van der Waals surface area contributed by atoms with Gasteiger partial charge in [-0.25, -0.2) is 0 Å². The lowest BCUT2D eigenvalue weighted by molar-refractivity contribution is 0.195. The first-order chi connectivity index (χ1) is 8.27. The lowest BCUT2D eigenvalue weighted by Crippen LogP contribution is -2.44. The minimum Gasteiger partial charge on any atom is -0.385 e. The molecule has 0 radical (unpaired) electrons. The fraction of sp³-hybridized carbons (Fsp3) is 0.917. The van der Waals surface area contributed by atoms with E-state index in [0.29, 0.717) is 6.04 Å². The zero-order valence-electron chi connectivity index (χ0n) is 11.3. The number of guanidine groups is 1. The Hall–Kier alpha value is -0.810. The molecule has 2 N–H and O–H groups in total. The fourth-order valence-corrected chi connectivity index (χ4v) is 2.10. The molecular weight excluding hydrogens is 216 g/mol. The van der Waals surface area contributed by atoms with E-state index in [0.717, 1.165) is 32.1 Å². The number of aliphatic imine (C=N–C) groups is 1. The molecule has 0 amide bonds. The number of nitrogens with zero attached hydrogens (tertiary/aromatic N) is 2. The number of hydrogen-bond donors (Lipinski definition) is 2. The molecule has 5 heteroatoms. The van der Waals surface area contributed by atoms with Crippen molar-refractivity contribution >= 4 is 5.96 Å². The van der Waals surface area contributed by atoms with Crippen LogP contribution in [0.3, 0.4) is 0 Å². The SMILES string of the molecule is CN=C(NCCCOC)NCC1CCCN1C. The van der Waals surface area contributed by atoms with Gasteiger partial charge in [-0.05, 0) is 32.9 Å². The quantitative estimate of drug-likeness (QED) is 0.399. The van der Waals surface area contributed by atoms with Crippen molar-refractivity contribution in [2.24, 2.45) is 4.99 Å². The van der Waals surface area contributed by atoms with Crippen molar-refractivity contribution in [3.8, 4) is 0 Å². The van der Waals surface area contributed by atoms with Gasteiger partial charge in [0.2, 0.25) is 0 Å². The second kappa shape index (κ2) is 8.31. The Balaban J connectivity index is 2.14. The van der Waals surface area contributed by atoms with Crippen LogP contribution in [0.4, 0.5) is 0 Å². The first kappa shape index (κ1) is 14.3. The number of likely N-dealkylation sites (tertiary alicyclic amines) is 1. The Labute approximate surface area is 105 Å². The van der Waals surface area contributed by atoms with Crippen molar-refractivity contribution in [1.29, 1.82) is 0 Å². The molecule has 1 atom stereocenters. The van der Waals surface area contributed by atoms with E-state index in [1.807, 2.05) is 7.05 Å². The van der Waals surface area contributed by atoms with E-state index in [1.165, 1.54) is 19.4 Å². The number of hydrogen-bond acceptors (Lipinski definition) is 3. The standard InChI is InChI=1S/C12H26N4O/c1-13-12(14-7-5-9-17-3)15-10-11-6-4-8-16(11)2/h11H,4-10H2,1-3H3,(H2,13,14,15). The third-order valence-corrected chi connectivity index (χ3v) is 3.22. The van der Waals surface area contributed by atoms with Gasteiger partial charge in [-0.3, -0.25) is 4.99 Å². The predicted molar refractivity (Wildman–Crippen MR) is 71.5 cm³/mol. The zero-order valence-corrected chi connectivity index (χ0v) is 11.3. The number of methoxy groups -OCH3 is 1. The highest BCUT2D eigenvalue weighted by Gasteiger charge is 2.20. The molecule has 100 valence electrons. The van der Waals surface area contributed by atoms with E-state index in [9.17, 15) is 0 Å². The van der Waals surface area contributed by atoms with E-state index in [4.69, 9.17) is 4.74 Å². The maximum atomic E-state index is 5.01. The highest BCUT2D eigenvalue weighted by atomic mass is 16.5. The summed E-state index contributed by atoms with van der Waals surface area (Å²) < 4.78 is 5.01. The molecule has 0 aliphatic carbocycles. The summed E-state index contributed by atoms with van der Waals surface area (Å²) in [5.74, 6) is 0.890. The van der Waals surface area contributed by atoms with Crippen LogP contribution >= 0.6 is 0 Å². The Morgan fingerprint density at radius 1 is 1.47 bits per heavy atom. The van der Waals surface area contributed by atoms with Gasteiger partial charge in [-0.15, -0.1) is 0 Å². The Morgan fingerprint density at radius 3 is 2.88 bits per heavy atom. The Kier molecular flexibility index (Phi) is 6.96. The first-order valence-corrected chi connectivity index (χ1v) is 6.41. The summed E-state index contributed by atoms with van der Waals surface area (Å²) in [4.78, 5) is 6.61. The molecule has 0 aromatic rings. The molecule has 17 heavy (non-hydrogen) atoms. The van der Waals surface area contributed by atoms with Gasteiger partial charge >= 0.3 is 0 Å². The van der Waals surface area contributed by atoms with Gasteiger partial charge in [0.1, 0.15) is 0 Å². The topological polar surface area (TPSA) is 48.9 Å². The second-order valence-corrected chi connectivity index (χ2v) is 4.50. The second-order valence-electron chi connectivity index (χ2n) is 4.50. The van der Waals surface area contributed by atoms with Gasteiger partial charge in [0.25, 0.3) is 0 Å². The minimum absolute atomic E-state index is 0.646. The van der Waals surface area contributed by atoms with Gasteiger partial charge in [0.15, 0.2) is 5.96 Å². The van der Waals surface area contributed by atoms with Crippen LogP contribution in [-0.4, -0.2) is 64.3 Å². The molecule has 1 rings (SSSR count). The predicted octanol–water partition coefficient (Wildman–Crippen LogP) is 0.282. The van der Waals surface area contributed by atoms with Gasteiger partial charge < -0.3 is 20.3 Å². The zero-order chi connectivity index (χ0) is 12.5. The van der Waals surface area contributed by atoms with E-state index >= 15 is 0 Å². The van der Waals surface area contributed by atoms with Crippen molar-refractivity contribution in [3.63, 3.8) is 0 Å². The van der Waals surface area contributed by atoms with Gasteiger partial charge in [-0.1, -0.05) is 0 Å². The molecule has 0 aromatic carbocycles. The van der Waals surface area contributed by atoms with E-state index in [1.54, 1.807) is 7.11 Å². The maximum Gasteiger partial charge on any atom is 0.191 e. The molecular formula is C12H26N4O. The lowest BCUT2D eigenvalue weighted by Gasteiger charge is -2.21. The molecule has 1 heterocycles. The summed E-state index contributed by atoms with van der Waals surface area (Å²) in [6.45, 7) is 3.87. The summed E-state index contributed by atoms with van der Waals surface area (Å²) >= 11 is 0. The number of rotatable bonds is 6. The van der Waals surface area contributed by atoms with Crippen LogP contribution in [0.1, 0.15) is 19.3 Å². The molecule has 0 bridgehead atoms. The van der Waals surface area contributed by atoms with Crippen LogP contribution in [0.25, 0.3) is 0 Å². The number of ether oxygens (including phenoxy) is 1. The largest absolute Gasteiger partial charge is 0.385 e. The third kappa shape index (κ3) is 5.37. The molecule has 1 unspecified atom stereocenters. The molecule has 0 aromatic heterocycles. The highest BCUT2D eigenvalue weighted by molar-refractivity contribution is 5.79. The summed E-state index contributed by atoms with van der Waals surface area (Å²) in [6, 6.07) is 0.646.